The lowest BCUT2D eigenvalue weighted by molar-refractivity contribution is -0.123. The molecular formula is C23H18ClN3O3. The minimum absolute atomic E-state index is 0.244. The number of para-hydroxylation sites is 1. The summed E-state index contributed by atoms with van der Waals surface area (Å²) in [6.45, 7) is -0.244. The molecule has 4 rings (SSSR count). The summed E-state index contributed by atoms with van der Waals surface area (Å²) in [6, 6.07) is 24.1. The molecule has 0 saturated carbocycles. The van der Waals surface area contributed by atoms with E-state index in [-0.39, 0.29) is 6.61 Å². The van der Waals surface area contributed by atoms with E-state index in [2.05, 4.69) is 15.8 Å². The second-order valence-electron chi connectivity index (χ2n) is 6.57. The molecule has 2 amide bonds. The number of aromatic amines is 1. The Morgan fingerprint density at radius 2 is 1.67 bits per heavy atom. The summed E-state index contributed by atoms with van der Waals surface area (Å²) in [7, 11) is 0. The van der Waals surface area contributed by atoms with Crippen molar-refractivity contribution >= 4 is 34.3 Å². The number of fused-ring (bicyclic) bond motifs is 1. The lowest BCUT2D eigenvalue weighted by Crippen LogP contribution is -2.43. The first-order valence-corrected chi connectivity index (χ1v) is 9.62. The Bertz CT molecular complexity index is 1200. The normalized spacial score (nSPS) is 10.6. The molecule has 0 fully saturated rings. The number of hydrogen-bond acceptors (Lipinski definition) is 3. The molecule has 1 aromatic heterocycles. The van der Waals surface area contributed by atoms with E-state index >= 15 is 0 Å². The number of aromatic nitrogens is 1. The van der Waals surface area contributed by atoms with E-state index < -0.39 is 11.8 Å². The zero-order chi connectivity index (χ0) is 20.9. The molecule has 0 radical (unpaired) electrons. The minimum atomic E-state index is -0.481. The summed E-state index contributed by atoms with van der Waals surface area (Å²) >= 11 is 5.96. The van der Waals surface area contributed by atoms with Crippen LogP contribution in [0.5, 0.6) is 5.75 Å². The van der Waals surface area contributed by atoms with E-state index in [1.807, 2.05) is 48.5 Å². The van der Waals surface area contributed by atoms with Crippen LogP contribution in [0.15, 0.2) is 78.9 Å². The van der Waals surface area contributed by atoms with Crippen molar-refractivity contribution < 1.29 is 14.3 Å². The average Bonchev–Trinajstić information content (AvgIpc) is 3.20. The fourth-order valence-electron chi connectivity index (χ4n) is 3.05. The summed E-state index contributed by atoms with van der Waals surface area (Å²) in [6.07, 6.45) is 0. The number of hydrazine groups is 1. The van der Waals surface area contributed by atoms with Crippen molar-refractivity contribution in [3.05, 3.63) is 89.6 Å². The maximum absolute atomic E-state index is 12.3. The topological polar surface area (TPSA) is 83.2 Å². The molecule has 0 bridgehead atoms. The van der Waals surface area contributed by atoms with E-state index in [9.17, 15) is 9.59 Å². The van der Waals surface area contributed by atoms with Crippen LogP contribution < -0.4 is 15.6 Å². The van der Waals surface area contributed by atoms with Crippen molar-refractivity contribution in [2.45, 2.75) is 0 Å². The Morgan fingerprint density at radius 1 is 0.900 bits per heavy atom. The fourth-order valence-corrected chi connectivity index (χ4v) is 3.23. The molecule has 0 unspecified atom stereocenters. The number of carbonyl (C=O) groups is 2. The standard InChI is InChI=1S/C23H18ClN3O3/c24-17-10-11-19-16(12-17)13-20(25-19)23(29)27-26-22(28)14-30-21-9-5-4-8-18(21)15-6-2-1-3-7-15/h1-13,25H,14H2,(H,26,28)(H,27,29). The second kappa shape index (κ2) is 8.71. The largest absolute Gasteiger partial charge is 0.483 e. The molecule has 3 aromatic carbocycles. The molecular weight excluding hydrogens is 402 g/mol. The van der Waals surface area contributed by atoms with Crippen LogP contribution in [0.4, 0.5) is 0 Å². The van der Waals surface area contributed by atoms with Gasteiger partial charge < -0.3 is 9.72 Å². The smallest absolute Gasteiger partial charge is 0.286 e. The van der Waals surface area contributed by atoms with Crippen LogP contribution >= 0.6 is 11.6 Å². The van der Waals surface area contributed by atoms with Crippen LogP contribution in [-0.2, 0) is 4.79 Å². The quantitative estimate of drug-likeness (QED) is 0.421. The van der Waals surface area contributed by atoms with Crippen LogP contribution in [0.25, 0.3) is 22.0 Å². The molecule has 7 heteroatoms. The third-order valence-corrected chi connectivity index (χ3v) is 4.71. The van der Waals surface area contributed by atoms with E-state index in [4.69, 9.17) is 16.3 Å². The number of hydrogen-bond donors (Lipinski definition) is 3. The van der Waals surface area contributed by atoms with Crippen LogP contribution in [0, 0.1) is 0 Å². The number of ether oxygens (including phenoxy) is 1. The monoisotopic (exact) mass is 419 g/mol. The van der Waals surface area contributed by atoms with Crippen LogP contribution in [0.2, 0.25) is 5.02 Å². The van der Waals surface area contributed by atoms with Gasteiger partial charge in [-0.1, -0.05) is 60.1 Å². The Balaban J connectivity index is 1.35. The maximum atomic E-state index is 12.3. The number of halogens is 1. The van der Waals surface area contributed by atoms with Gasteiger partial charge in [-0.15, -0.1) is 0 Å². The summed E-state index contributed by atoms with van der Waals surface area (Å²) in [5, 5.41) is 1.38. The third-order valence-electron chi connectivity index (χ3n) is 4.47. The van der Waals surface area contributed by atoms with Gasteiger partial charge in [0.05, 0.1) is 0 Å². The predicted molar refractivity (Wildman–Crippen MR) is 116 cm³/mol. The van der Waals surface area contributed by atoms with Gasteiger partial charge in [0, 0.05) is 21.5 Å². The summed E-state index contributed by atoms with van der Waals surface area (Å²) in [5.41, 5.74) is 7.68. The molecule has 0 aliphatic rings. The van der Waals surface area contributed by atoms with Crippen LogP contribution in [0.3, 0.4) is 0 Å². The summed E-state index contributed by atoms with van der Waals surface area (Å²) in [4.78, 5) is 27.4. The van der Waals surface area contributed by atoms with Gasteiger partial charge in [-0.05, 0) is 35.9 Å². The predicted octanol–water partition coefficient (Wildman–Crippen LogP) is 4.33. The van der Waals surface area contributed by atoms with Gasteiger partial charge >= 0.3 is 0 Å². The number of carbonyl (C=O) groups excluding carboxylic acids is 2. The zero-order valence-electron chi connectivity index (χ0n) is 15.8. The summed E-state index contributed by atoms with van der Waals surface area (Å²) in [5.74, 6) is -0.372. The Hall–Kier alpha value is -3.77. The summed E-state index contributed by atoms with van der Waals surface area (Å²) < 4.78 is 5.67. The minimum Gasteiger partial charge on any atom is -0.483 e. The number of benzene rings is 3. The molecule has 3 N–H and O–H groups in total. The molecule has 0 atom stereocenters. The lowest BCUT2D eigenvalue weighted by atomic mass is 10.1. The van der Waals surface area contributed by atoms with E-state index in [1.165, 1.54) is 0 Å². The lowest BCUT2D eigenvalue weighted by Gasteiger charge is -2.12. The van der Waals surface area contributed by atoms with Gasteiger partial charge in [-0.2, -0.15) is 0 Å². The van der Waals surface area contributed by atoms with Crippen molar-refractivity contribution in [3.8, 4) is 16.9 Å². The maximum Gasteiger partial charge on any atom is 0.286 e. The van der Waals surface area contributed by atoms with E-state index in [1.54, 1.807) is 30.3 Å². The van der Waals surface area contributed by atoms with Crippen molar-refractivity contribution in [2.24, 2.45) is 0 Å². The molecule has 0 spiro atoms. The van der Waals surface area contributed by atoms with E-state index in [0.29, 0.717) is 16.5 Å². The number of H-pyrrole nitrogens is 1. The fraction of sp³-hybridized carbons (Fsp3) is 0.0435. The van der Waals surface area contributed by atoms with Gasteiger partial charge in [0.25, 0.3) is 11.8 Å². The third kappa shape index (κ3) is 4.45. The molecule has 0 aliphatic heterocycles. The van der Waals surface area contributed by atoms with Crippen molar-refractivity contribution in [3.63, 3.8) is 0 Å². The van der Waals surface area contributed by atoms with Crippen molar-refractivity contribution in [2.75, 3.05) is 6.61 Å². The number of nitrogens with one attached hydrogen (secondary N) is 3. The molecule has 0 saturated heterocycles. The zero-order valence-corrected chi connectivity index (χ0v) is 16.6. The Kier molecular flexibility index (Phi) is 5.68. The number of amides is 2. The first kappa shape index (κ1) is 19.5. The molecule has 150 valence electrons. The molecule has 0 aliphatic carbocycles. The van der Waals surface area contributed by atoms with Crippen LogP contribution in [0.1, 0.15) is 10.5 Å². The SMILES string of the molecule is O=C(COc1ccccc1-c1ccccc1)NNC(=O)c1cc2cc(Cl)ccc2[nH]1. The molecule has 30 heavy (non-hydrogen) atoms. The van der Waals surface area contributed by atoms with Gasteiger partial charge in [0.1, 0.15) is 11.4 Å². The first-order valence-electron chi connectivity index (χ1n) is 9.25. The van der Waals surface area contributed by atoms with Gasteiger partial charge in [0.15, 0.2) is 6.61 Å². The molecule has 6 nitrogen and oxygen atoms in total. The van der Waals surface area contributed by atoms with E-state index in [0.717, 1.165) is 22.0 Å². The van der Waals surface area contributed by atoms with Gasteiger partial charge in [-0.3, -0.25) is 20.4 Å². The highest BCUT2D eigenvalue weighted by molar-refractivity contribution is 6.31. The second-order valence-corrected chi connectivity index (χ2v) is 7.00. The van der Waals surface area contributed by atoms with Gasteiger partial charge in [0.2, 0.25) is 0 Å². The number of rotatable bonds is 5. The Labute approximate surface area is 177 Å². The highest BCUT2D eigenvalue weighted by atomic mass is 35.5. The highest BCUT2D eigenvalue weighted by Crippen LogP contribution is 2.29. The molecule has 4 aromatic rings. The average molecular weight is 420 g/mol. The Morgan fingerprint density at radius 3 is 2.50 bits per heavy atom. The van der Waals surface area contributed by atoms with Crippen molar-refractivity contribution in [1.29, 1.82) is 0 Å². The first-order chi connectivity index (χ1) is 14.6. The highest BCUT2D eigenvalue weighted by Gasteiger charge is 2.12. The van der Waals surface area contributed by atoms with Crippen molar-refractivity contribution in [1.82, 2.24) is 15.8 Å². The van der Waals surface area contributed by atoms with Crippen LogP contribution in [-0.4, -0.2) is 23.4 Å². The van der Waals surface area contributed by atoms with Gasteiger partial charge in [-0.25, -0.2) is 0 Å². The molecule has 1 heterocycles.